The lowest BCUT2D eigenvalue weighted by molar-refractivity contribution is -0.0790. The van der Waals surface area contributed by atoms with Crippen molar-refractivity contribution in [1.82, 2.24) is 0 Å². The molecule has 0 amide bonds. The molecule has 0 saturated heterocycles. The highest BCUT2D eigenvalue weighted by Crippen LogP contribution is 2.22. The maximum atomic E-state index is 8.75. The van der Waals surface area contributed by atoms with Crippen molar-refractivity contribution in [3.8, 4) is 0 Å². The molecule has 0 aliphatic rings. The minimum absolute atomic E-state index is 0.294. The Balaban J connectivity index is 3.15. The van der Waals surface area contributed by atoms with E-state index in [1.54, 1.807) is 6.92 Å². The van der Waals surface area contributed by atoms with Crippen LogP contribution < -0.4 is 0 Å². The highest BCUT2D eigenvalue weighted by atomic mass is 32.2. The van der Waals surface area contributed by atoms with Crippen LogP contribution in [0.2, 0.25) is 0 Å². The van der Waals surface area contributed by atoms with Gasteiger partial charge in [0.05, 0.1) is 6.61 Å². The van der Waals surface area contributed by atoms with E-state index in [1.165, 1.54) is 0 Å². The Labute approximate surface area is 73.3 Å². The molecule has 0 rings (SSSR count). The van der Waals surface area contributed by atoms with Gasteiger partial charge >= 0.3 is 0 Å². The van der Waals surface area contributed by atoms with E-state index in [9.17, 15) is 0 Å². The summed E-state index contributed by atoms with van der Waals surface area (Å²) in [6.07, 6.45) is -0.629. The van der Waals surface area contributed by atoms with E-state index in [1.807, 2.05) is 11.8 Å². The predicted molar refractivity (Wildman–Crippen MR) is 49.8 cm³/mol. The molecule has 68 valence electrons. The average molecular weight is 178 g/mol. The quantitative estimate of drug-likeness (QED) is 0.526. The van der Waals surface area contributed by atoms with E-state index in [0.717, 1.165) is 5.75 Å². The smallest absolute Gasteiger partial charge is 0.151 e. The lowest BCUT2D eigenvalue weighted by atomic mass is 10.3. The van der Waals surface area contributed by atoms with Crippen LogP contribution >= 0.6 is 11.8 Å². The number of aliphatic hydroxyl groups is 1. The molecule has 0 bridgehead atoms. The van der Waals surface area contributed by atoms with Gasteiger partial charge in [-0.3, -0.25) is 0 Å². The van der Waals surface area contributed by atoms with E-state index in [-0.39, 0.29) is 0 Å². The van der Waals surface area contributed by atoms with Crippen LogP contribution in [0, 0.1) is 0 Å². The van der Waals surface area contributed by atoms with E-state index < -0.39 is 6.29 Å². The average Bonchev–Trinajstić information content (AvgIpc) is 1.78. The first-order valence-electron chi connectivity index (χ1n) is 3.85. The Morgan fingerprint density at radius 2 is 2.00 bits per heavy atom. The summed E-state index contributed by atoms with van der Waals surface area (Å²) in [4.78, 5) is 0. The molecule has 2 nitrogen and oxygen atoms in total. The third-order valence-corrected chi connectivity index (χ3v) is 2.21. The molecule has 0 aromatic carbocycles. The fourth-order valence-corrected chi connectivity index (χ4v) is 1.36. The number of hydrogen-bond donors (Lipinski definition) is 1. The number of rotatable bonds is 4. The molecule has 0 fully saturated rings. The largest absolute Gasteiger partial charge is 0.368 e. The van der Waals surface area contributed by atoms with Crippen molar-refractivity contribution in [2.75, 3.05) is 12.4 Å². The fourth-order valence-electron chi connectivity index (χ4n) is 0.567. The van der Waals surface area contributed by atoms with Crippen LogP contribution in [0.15, 0.2) is 0 Å². The number of thioether (sulfide) groups is 1. The zero-order chi connectivity index (χ0) is 8.91. The highest BCUT2D eigenvalue weighted by Gasteiger charge is 2.09. The SMILES string of the molecule is CC(O)OCCSC(C)(C)C. The van der Waals surface area contributed by atoms with Gasteiger partial charge in [-0.2, -0.15) is 11.8 Å². The second-order valence-corrected chi connectivity index (χ2v) is 5.35. The first-order chi connectivity index (χ1) is 4.92. The molecule has 0 spiro atoms. The standard InChI is InChI=1S/C8H18O2S/c1-7(9)10-5-6-11-8(2,3)4/h7,9H,5-6H2,1-4H3. The molecule has 0 heterocycles. The lowest BCUT2D eigenvalue weighted by Crippen LogP contribution is -2.13. The molecule has 0 aliphatic heterocycles. The molecule has 3 heteroatoms. The van der Waals surface area contributed by atoms with Crippen molar-refractivity contribution in [1.29, 1.82) is 0 Å². The van der Waals surface area contributed by atoms with Crippen molar-refractivity contribution < 1.29 is 9.84 Å². The number of ether oxygens (including phenoxy) is 1. The Morgan fingerprint density at radius 3 is 2.36 bits per heavy atom. The molecular weight excluding hydrogens is 160 g/mol. The summed E-state index contributed by atoms with van der Waals surface area (Å²) in [5.41, 5.74) is 0. The van der Waals surface area contributed by atoms with Gasteiger partial charge in [0.2, 0.25) is 0 Å². The van der Waals surface area contributed by atoms with Gasteiger partial charge in [-0.05, 0) is 6.92 Å². The van der Waals surface area contributed by atoms with Crippen molar-refractivity contribution >= 4 is 11.8 Å². The molecule has 0 radical (unpaired) electrons. The summed E-state index contributed by atoms with van der Waals surface area (Å²) in [6.45, 7) is 8.75. The van der Waals surface area contributed by atoms with E-state index in [2.05, 4.69) is 20.8 Å². The fraction of sp³-hybridized carbons (Fsp3) is 1.00. The van der Waals surface area contributed by atoms with E-state index in [4.69, 9.17) is 9.84 Å². The van der Waals surface area contributed by atoms with Gasteiger partial charge in [-0.25, -0.2) is 0 Å². The third-order valence-electron chi connectivity index (χ3n) is 0.977. The summed E-state index contributed by atoms with van der Waals surface area (Å²) in [5.74, 6) is 0.939. The van der Waals surface area contributed by atoms with Crippen LogP contribution in [0.1, 0.15) is 27.7 Å². The Hall–Kier alpha value is 0.270. The lowest BCUT2D eigenvalue weighted by Gasteiger charge is -2.17. The van der Waals surface area contributed by atoms with E-state index in [0.29, 0.717) is 11.4 Å². The highest BCUT2D eigenvalue weighted by molar-refractivity contribution is 8.00. The Bertz CT molecular complexity index is 96.8. The Kier molecular flexibility index (Phi) is 5.13. The molecular formula is C8H18O2S. The van der Waals surface area contributed by atoms with Gasteiger partial charge in [-0.15, -0.1) is 0 Å². The third kappa shape index (κ3) is 10.3. The van der Waals surface area contributed by atoms with Crippen LogP contribution in [-0.4, -0.2) is 28.5 Å². The van der Waals surface area contributed by atoms with E-state index >= 15 is 0 Å². The summed E-state index contributed by atoms with van der Waals surface area (Å²) >= 11 is 1.84. The van der Waals surface area contributed by atoms with Gasteiger partial charge in [0.1, 0.15) is 0 Å². The zero-order valence-corrected chi connectivity index (χ0v) is 8.57. The van der Waals surface area contributed by atoms with Crippen molar-refractivity contribution in [2.45, 2.75) is 38.7 Å². The summed E-state index contributed by atoms with van der Waals surface area (Å²) in [5, 5.41) is 8.75. The first-order valence-corrected chi connectivity index (χ1v) is 4.84. The van der Waals surface area contributed by atoms with Gasteiger partial charge in [0.25, 0.3) is 0 Å². The molecule has 0 saturated carbocycles. The molecule has 1 unspecified atom stereocenters. The zero-order valence-electron chi connectivity index (χ0n) is 7.76. The van der Waals surface area contributed by atoms with Crippen molar-refractivity contribution in [2.24, 2.45) is 0 Å². The van der Waals surface area contributed by atoms with Gasteiger partial charge < -0.3 is 9.84 Å². The minimum Gasteiger partial charge on any atom is -0.368 e. The normalized spacial score (nSPS) is 15.0. The van der Waals surface area contributed by atoms with Crippen molar-refractivity contribution in [3.63, 3.8) is 0 Å². The van der Waals surface area contributed by atoms with Crippen LogP contribution in [0.3, 0.4) is 0 Å². The van der Waals surface area contributed by atoms with Crippen molar-refractivity contribution in [3.05, 3.63) is 0 Å². The second kappa shape index (κ2) is 5.01. The molecule has 0 aromatic rings. The second-order valence-electron chi connectivity index (χ2n) is 3.43. The Morgan fingerprint density at radius 1 is 1.45 bits per heavy atom. The minimum atomic E-state index is -0.629. The number of aliphatic hydroxyl groups excluding tert-OH is 1. The first kappa shape index (κ1) is 11.3. The molecule has 0 aliphatic carbocycles. The van der Waals surface area contributed by atoms with Crippen LogP contribution in [0.25, 0.3) is 0 Å². The molecule has 11 heavy (non-hydrogen) atoms. The van der Waals surface area contributed by atoms with Gasteiger partial charge in [-0.1, -0.05) is 20.8 Å². The maximum absolute atomic E-state index is 8.75. The van der Waals surface area contributed by atoms with Crippen LogP contribution in [-0.2, 0) is 4.74 Å². The summed E-state index contributed by atoms with van der Waals surface area (Å²) in [7, 11) is 0. The summed E-state index contributed by atoms with van der Waals surface area (Å²) in [6, 6.07) is 0. The monoisotopic (exact) mass is 178 g/mol. The molecule has 1 N–H and O–H groups in total. The molecule has 1 atom stereocenters. The van der Waals surface area contributed by atoms with Gasteiger partial charge in [0.15, 0.2) is 6.29 Å². The predicted octanol–water partition coefficient (Wildman–Crippen LogP) is 1.87. The van der Waals surface area contributed by atoms with Gasteiger partial charge in [0, 0.05) is 10.5 Å². The topological polar surface area (TPSA) is 29.5 Å². The maximum Gasteiger partial charge on any atom is 0.151 e. The number of hydrogen-bond acceptors (Lipinski definition) is 3. The summed E-state index contributed by atoms with van der Waals surface area (Å²) < 4.78 is 5.27. The molecule has 0 aromatic heterocycles. The van der Waals surface area contributed by atoms with Crippen LogP contribution in [0.5, 0.6) is 0 Å². The van der Waals surface area contributed by atoms with Crippen LogP contribution in [0.4, 0.5) is 0 Å².